The van der Waals surface area contributed by atoms with Crippen LogP contribution in [0.5, 0.6) is 5.75 Å². The molecule has 2 aromatic rings. The van der Waals surface area contributed by atoms with E-state index in [4.69, 9.17) is 20.7 Å². The van der Waals surface area contributed by atoms with Gasteiger partial charge in [-0.25, -0.2) is 0 Å². The van der Waals surface area contributed by atoms with Crippen LogP contribution in [0.3, 0.4) is 0 Å². The molecule has 0 unspecified atom stereocenters. The molecule has 4 N–H and O–H groups in total. The van der Waals surface area contributed by atoms with Crippen LogP contribution in [-0.4, -0.2) is 16.0 Å². The van der Waals surface area contributed by atoms with E-state index in [0.29, 0.717) is 11.4 Å². The molecule has 7 heteroatoms. The number of benzene rings is 1. The second kappa shape index (κ2) is 4.52. The Morgan fingerprint density at radius 1 is 1.47 bits per heavy atom. The van der Waals surface area contributed by atoms with Gasteiger partial charge >= 0.3 is 0 Å². The van der Waals surface area contributed by atoms with Crippen molar-refractivity contribution in [2.24, 2.45) is 5.73 Å². The Labute approximate surface area is 96.4 Å². The van der Waals surface area contributed by atoms with Gasteiger partial charge in [-0.05, 0) is 12.1 Å². The molecule has 1 amide bonds. The summed E-state index contributed by atoms with van der Waals surface area (Å²) in [5, 5.41) is 3.38. The lowest BCUT2D eigenvalue weighted by Crippen LogP contribution is -2.12. The number of aromatic nitrogens is 2. The smallest absolute Gasteiger partial charge is 0.290 e. The van der Waals surface area contributed by atoms with E-state index in [1.165, 1.54) is 0 Å². The van der Waals surface area contributed by atoms with Crippen molar-refractivity contribution in [3.05, 3.63) is 36.0 Å². The fourth-order valence-corrected chi connectivity index (χ4v) is 1.16. The Morgan fingerprint density at radius 2 is 2.29 bits per heavy atom. The maximum atomic E-state index is 10.7. The third-order valence-corrected chi connectivity index (χ3v) is 1.91. The highest BCUT2D eigenvalue weighted by atomic mass is 16.5. The van der Waals surface area contributed by atoms with Gasteiger partial charge in [0.05, 0.1) is 0 Å². The second-order valence-corrected chi connectivity index (χ2v) is 3.24. The van der Waals surface area contributed by atoms with Gasteiger partial charge in [0.2, 0.25) is 0 Å². The molecule has 17 heavy (non-hydrogen) atoms. The maximum absolute atomic E-state index is 10.7. The molecule has 0 aliphatic heterocycles. The quantitative estimate of drug-likeness (QED) is 0.736. The Balaban J connectivity index is 2.00. The maximum Gasteiger partial charge on any atom is 0.290 e. The zero-order chi connectivity index (χ0) is 12.3. The van der Waals surface area contributed by atoms with E-state index >= 15 is 0 Å². The molecule has 0 radical (unpaired) electrons. The fraction of sp³-hybridized carbons (Fsp3) is 0.100. The van der Waals surface area contributed by atoms with E-state index in [-0.39, 0.29) is 18.3 Å². The molecule has 1 heterocycles. The van der Waals surface area contributed by atoms with Crippen molar-refractivity contribution in [3.63, 3.8) is 0 Å². The van der Waals surface area contributed by atoms with Gasteiger partial charge in [-0.15, -0.1) is 0 Å². The normalized spacial score (nSPS) is 10.1. The summed E-state index contributed by atoms with van der Waals surface area (Å²) < 4.78 is 10.1. The van der Waals surface area contributed by atoms with Crippen molar-refractivity contribution in [2.45, 2.75) is 6.61 Å². The van der Waals surface area contributed by atoms with Gasteiger partial charge in [0, 0.05) is 11.8 Å². The largest absolute Gasteiger partial charge is 0.484 e. The van der Waals surface area contributed by atoms with E-state index in [1.807, 2.05) is 0 Å². The number of primary amides is 1. The third kappa shape index (κ3) is 2.71. The standard InChI is InChI=1S/C10H10N4O3/c11-6-2-1-3-7(4-6)16-5-8-13-10(9(12)15)14-17-8/h1-4H,5,11H2,(H2,12,15). The minimum absolute atomic E-state index is 0.0454. The molecule has 1 aromatic heterocycles. The summed E-state index contributed by atoms with van der Waals surface area (Å²) in [5.74, 6) is -0.176. The molecule has 0 atom stereocenters. The lowest BCUT2D eigenvalue weighted by Gasteiger charge is -2.02. The highest BCUT2D eigenvalue weighted by Gasteiger charge is 2.11. The summed E-state index contributed by atoms with van der Waals surface area (Å²) in [6.07, 6.45) is 0. The SMILES string of the molecule is NC(=O)c1noc(COc2cccc(N)c2)n1. The summed E-state index contributed by atoms with van der Waals surface area (Å²) >= 11 is 0. The molecule has 88 valence electrons. The van der Waals surface area contributed by atoms with E-state index in [1.54, 1.807) is 24.3 Å². The summed E-state index contributed by atoms with van der Waals surface area (Å²) in [6.45, 7) is 0.0454. The lowest BCUT2D eigenvalue weighted by atomic mass is 10.3. The van der Waals surface area contributed by atoms with Crippen LogP contribution < -0.4 is 16.2 Å². The molecule has 1 aromatic carbocycles. The van der Waals surface area contributed by atoms with Crippen molar-refractivity contribution in [1.29, 1.82) is 0 Å². The molecule has 7 nitrogen and oxygen atoms in total. The molecule has 0 aliphatic rings. The van der Waals surface area contributed by atoms with Gasteiger partial charge in [0.1, 0.15) is 5.75 Å². The van der Waals surface area contributed by atoms with Crippen LogP contribution in [0.25, 0.3) is 0 Å². The molecule has 0 aliphatic carbocycles. The average molecular weight is 234 g/mol. The first-order valence-corrected chi connectivity index (χ1v) is 4.76. The molecular formula is C10H10N4O3. The molecule has 0 saturated heterocycles. The monoisotopic (exact) mass is 234 g/mol. The van der Waals surface area contributed by atoms with E-state index in [2.05, 4.69) is 10.1 Å². The first kappa shape index (κ1) is 10.9. The van der Waals surface area contributed by atoms with Gasteiger partial charge in [0.15, 0.2) is 6.61 Å². The highest BCUT2D eigenvalue weighted by Crippen LogP contribution is 2.15. The predicted octanol–water partition coefficient (Wildman–Crippen LogP) is 0.330. The van der Waals surface area contributed by atoms with Crippen LogP contribution in [0.4, 0.5) is 5.69 Å². The number of ether oxygens (including phenoxy) is 1. The zero-order valence-electron chi connectivity index (χ0n) is 8.79. The molecule has 0 fully saturated rings. The Kier molecular flexibility index (Phi) is 2.91. The number of rotatable bonds is 4. The van der Waals surface area contributed by atoms with E-state index in [0.717, 1.165) is 0 Å². The van der Waals surface area contributed by atoms with Crippen molar-refractivity contribution in [1.82, 2.24) is 10.1 Å². The summed E-state index contributed by atoms with van der Waals surface area (Å²) in [4.78, 5) is 14.5. The van der Waals surface area contributed by atoms with E-state index in [9.17, 15) is 4.79 Å². The van der Waals surface area contributed by atoms with Crippen molar-refractivity contribution >= 4 is 11.6 Å². The Bertz CT molecular complexity index is 538. The molecule has 2 rings (SSSR count). The third-order valence-electron chi connectivity index (χ3n) is 1.91. The van der Waals surface area contributed by atoms with Crippen LogP contribution in [-0.2, 0) is 6.61 Å². The van der Waals surface area contributed by atoms with Gasteiger partial charge in [-0.3, -0.25) is 4.79 Å². The number of nitrogens with two attached hydrogens (primary N) is 2. The fourth-order valence-electron chi connectivity index (χ4n) is 1.16. The minimum Gasteiger partial charge on any atom is -0.484 e. The molecular weight excluding hydrogens is 224 g/mol. The summed E-state index contributed by atoms with van der Waals surface area (Å²) in [7, 11) is 0. The number of anilines is 1. The van der Waals surface area contributed by atoms with Crippen LogP contribution in [0, 0.1) is 0 Å². The first-order chi connectivity index (χ1) is 8.15. The lowest BCUT2D eigenvalue weighted by molar-refractivity contribution is 0.0987. The van der Waals surface area contributed by atoms with Crippen molar-refractivity contribution in [3.8, 4) is 5.75 Å². The van der Waals surface area contributed by atoms with Gasteiger partial charge in [-0.1, -0.05) is 11.2 Å². The summed E-state index contributed by atoms with van der Waals surface area (Å²) in [6, 6.07) is 6.89. The van der Waals surface area contributed by atoms with Crippen LogP contribution in [0.1, 0.15) is 16.5 Å². The van der Waals surface area contributed by atoms with Gasteiger partial charge in [0.25, 0.3) is 17.6 Å². The number of carbonyl (C=O) groups is 1. The number of nitrogen functional groups attached to an aromatic ring is 1. The highest BCUT2D eigenvalue weighted by molar-refractivity contribution is 5.88. The first-order valence-electron chi connectivity index (χ1n) is 4.76. The predicted molar refractivity (Wildman–Crippen MR) is 58.0 cm³/mol. The van der Waals surface area contributed by atoms with Gasteiger partial charge in [-0.2, -0.15) is 4.98 Å². The molecule has 0 saturated carbocycles. The number of nitrogens with zero attached hydrogens (tertiary/aromatic N) is 2. The Hall–Kier alpha value is -2.57. The zero-order valence-corrected chi connectivity index (χ0v) is 8.79. The number of hydrogen-bond acceptors (Lipinski definition) is 6. The molecule has 0 bridgehead atoms. The van der Waals surface area contributed by atoms with Crippen molar-refractivity contribution < 1.29 is 14.1 Å². The van der Waals surface area contributed by atoms with E-state index < -0.39 is 5.91 Å². The second-order valence-electron chi connectivity index (χ2n) is 3.24. The average Bonchev–Trinajstić information content (AvgIpc) is 2.75. The minimum atomic E-state index is -0.746. The number of hydrogen-bond donors (Lipinski definition) is 2. The van der Waals surface area contributed by atoms with Gasteiger partial charge < -0.3 is 20.7 Å². The summed E-state index contributed by atoms with van der Waals surface area (Å²) in [5.41, 5.74) is 11.1. The molecule has 0 spiro atoms. The topological polar surface area (TPSA) is 117 Å². The van der Waals surface area contributed by atoms with Crippen molar-refractivity contribution in [2.75, 3.05) is 5.73 Å². The Morgan fingerprint density at radius 3 is 2.94 bits per heavy atom. The van der Waals surface area contributed by atoms with Crippen LogP contribution >= 0.6 is 0 Å². The number of carbonyl (C=O) groups excluding carboxylic acids is 1. The number of amides is 1. The van der Waals surface area contributed by atoms with Crippen LogP contribution in [0.2, 0.25) is 0 Å². The van der Waals surface area contributed by atoms with Crippen LogP contribution in [0.15, 0.2) is 28.8 Å².